The molecule has 0 aliphatic carbocycles. The molecule has 14 heavy (non-hydrogen) atoms. The van der Waals surface area contributed by atoms with E-state index in [2.05, 4.69) is 27.1 Å². The first kappa shape index (κ1) is 9.15. The molecule has 1 radical (unpaired) electrons. The van der Waals surface area contributed by atoms with Crippen molar-refractivity contribution in [1.82, 2.24) is 9.78 Å². The third-order valence-electron chi connectivity index (χ3n) is 1.71. The van der Waals surface area contributed by atoms with Gasteiger partial charge >= 0.3 is 0 Å². The molecule has 4 heteroatoms. The first-order valence-electron chi connectivity index (χ1n) is 4.00. The zero-order valence-electron chi connectivity index (χ0n) is 7.14. The average Bonchev–Trinajstić information content (AvgIpc) is 2.19. The van der Waals surface area contributed by atoms with Gasteiger partial charge in [0.1, 0.15) is 0 Å². The van der Waals surface area contributed by atoms with Crippen LogP contribution in [0.25, 0.3) is 5.69 Å². The minimum atomic E-state index is -0.273. The zero-order valence-corrected chi connectivity index (χ0v) is 8.73. The van der Waals surface area contributed by atoms with Crippen LogP contribution in [0.15, 0.2) is 45.8 Å². The Balaban J connectivity index is 2.59. The van der Waals surface area contributed by atoms with E-state index in [0.717, 1.165) is 5.69 Å². The quantitative estimate of drug-likeness (QED) is 0.773. The maximum absolute atomic E-state index is 11.5. The van der Waals surface area contributed by atoms with Crippen molar-refractivity contribution in [3.8, 4) is 5.69 Å². The minimum absolute atomic E-state index is 0.273. The molecular formula is C10H6BrN2O. The molecule has 0 aliphatic rings. The number of hydrogen-bond donors (Lipinski definition) is 0. The highest BCUT2D eigenvalue weighted by Crippen LogP contribution is 2.04. The average molecular weight is 250 g/mol. The molecule has 2 aromatic rings. The molecule has 69 valence electrons. The SMILES string of the molecule is O=c1[c]c(Br)cnn1-c1ccccc1. The van der Waals surface area contributed by atoms with Gasteiger partial charge in [-0.05, 0) is 28.1 Å². The molecule has 3 nitrogen and oxygen atoms in total. The Labute approximate surface area is 89.1 Å². The first-order chi connectivity index (χ1) is 6.77. The van der Waals surface area contributed by atoms with Gasteiger partial charge in [-0.3, -0.25) is 4.79 Å². The molecule has 0 aliphatic heterocycles. The van der Waals surface area contributed by atoms with E-state index in [-0.39, 0.29) is 5.56 Å². The van der Waals surface area contributed by atoms with Gasteiger partial charge in [-0.2, -0.15) is 9.78 Å². The molecule has 0 atom stereocenters. The van der Waals surface area contributed by atoms with E-state index in [1.165, 1.54) is 10.9 Å². The van der Waals surface area contributed by atoms with Crippen LogP contribution in [0.5, 0.6) is 0 Å². The van der Waals surface area contributed by atoms with E-state index in [0.29, 0.717) is 4.47 Å². The van der Waals surface area contributed by atoms with Gasteiger partial charge in [-0.1, -0.05) is 18.2 Å². The maximum atomic E-state index is 11.5. The monoisotopic (exact) mass is 249 g/mol. The van der Waals surface area contributed by atoms with E-state index < -0.39 is 0 Å². The smallest absolute Gasteiger partial charge is 0.267 e. The Bertz CT molecular complexity index is 493. The predicted molar refractivity (Wildman–Crippen MR) is 56.4 cm³/mol. The Morgan fingerprint density at radius 2 is 2.00 bits per heavy atom. The summed E-state index contributed by atoms with van der Waals surface area (Å²) in [6, 6.07) is 11.8. The van der Waals surface area contributed by atoms with Crippen molar-refractivity contribution in [2.75, 3.05) is 0 Å². The van der Waals surface area contributed by atoms with Gasteiger partial charge in [0.05, 0.1) is 22.4 Å². The summed E-state index contributed by atoms with van der Waals surface area (Å²) in [6.07, 6.45) is 1.54. The second kappa shape index (κ2) is 3.75. The van der Waals surface area contributed by atoms with Crippen LogP contribution in [0, 0.1) is 6.07 Å². The highest BCUT2D eigenvalue weighted by molar-refractivity contribution is 9.10. The number of nitrogens with zero attached hydrogens (tertiary/aromatic N) is 2. The van der Waals surface area contributed by atoms with Crippen LogP contribution in [0.4, 0.5) is 0 Å². The number of halogens is 1. The summed E-state index contributed by atoms with van der Waals surface area (Å²) < 4.78 is 1.86. The standard InChI is InChI=1S/C10H6BrN2O/c11-8-6-10(14)13(12-7-8)9-4-2-1-3-5-9/h1-5,7H. The van der Waals surface area contributed by atoms with Crippen LogP contribution >= 0.6 is 15.9 Å². The van der Waals surface area contributed by atoms with Crippen molar-refractivity contribution < 1.29 is 0 Å². The summed E-state index contributed by atoms with van der Waals surface area (Å²) in [6.45, 7) is 0. The van der Waals surface area contributed by atoms with Gasteiger partial charge in [-0.25, -0.2) is 0 Å². The normalized spacial score (nSPS) is 10.1. The van der Waals surface area contributed by atoms with Gasteiger partial charge in [0.25, 0.3) is 5.56 Å². The highest BCUT2D eigenvalue weighted by Gasteiger charge is 2.00. The fourth-order valence-electron chi connectivity index (χ4n) is 1.10. The lowest BCUT2D eigenvalue weighted by Crippen LogP contribution is -2.19. The molecule has 0 spiro atoms. The van der Waals surface area contributed by atoms with Crippen molar-refractivity contribution in [1.29, 1.82) is 0 Å². The largest absolute Gasteiger partial charge is 0.280 e. The van der Waals surface area contributed by atoms with E-state index >= 15 is 0 Å². The summed E-state index contributed by atoms with van der Waals surface area (Å²) >= 11 is 3.14. The Morgan fingerprint density at radius 1 is 1.29 bits per heavy atom. The molecule has 2 rings (SSSR count). The van der Waals surface area contributed by atoms with Crippen molar-refractivity contribution in [3.63, 3.8) is 0 Å². The Hall–Kier alpha value is -1.42. The van der Waals surface area contributed by atoms with E-state index in [1.54, 1.807) is 0 Å². The Kier molecular flexibility index (Phi) is 2.45. The third kappa shape index (κ3) is 1.75. The number of hydrogen-bond acceptors (Lipinski definition) is 2. The van der Waals surface area contributed by atoms with Crippen molar-refractivity contribution in [3.05, 3.63) is 57.4 Å². The first-order valence-corrected chi connectivity index (χ1v) is 4.79. The maximum Gasteiger partial charge on any atom is 0.280 e. The highest BCUT2D eigenvalue weighted by atomic mass is 79.9. The topological polar surface area (TPSA) is 34.9 Å². The van der Waals surface area contributed by atoms with Gasteiger partial charge < -0.3 is 0 Å². The van der Waals surface area contributed by atoms with Gasteiger partial charge in [0.2, 0.25) is 0 Å². The number of aromatic nitrogens is 2. The molecule has 0 unspecified atom stereocenters. The fourth-order valence-corrected chi connectivity index (χ4v) is 1.36. The minimum Gasteiger partial charge on any atom is -0.267 e. The number of para-hydroxylation sites is 1. The summed E-state index contributed by atoms with van der Waals surface area (Å²) in [5.41, 5.74) is 0.465. The van der Waals surface area contributed by atoms with Crippen LogP contribution in [0.2, 0.25) is 0 Å². The molecule has 0 N–H and O–H groups in total. The predicted octanol–water partition coefficient (Wildman–Crippen LogP) is 1.80. The lowest BCUT2D eigenvalue weighted by atomic mass is 10.3. The number of benzene rings is 1. The second-order valence-corrected chi connectivity index (χ2v) is 3.52. The number of rotatable bonds is 1. The van der Waals surface area contributed by atoms with E-state index in [1.807, 2.05) is 30.3 Å². The lowest BCUT2D eigenvalue weighted by molar-refractivity contribution is 0.801. The van der Waals surface area contributed by atoms with Gasteiger partial charge in [-0.15, -0.1) is 0 Å². The summed E-state index contributed by atoms with van der Waals surface area (Å²) in [5, 5.41) is 3.97. The van der Waals surface area contributed by atoms with Crippen LogP contribution < -0.4 is 5.56 Å². The summed E-state index contributed by atoms with van der Waals surface area (Å²) in [4.78, 5) is 11.5. The molecule has 0 fully saturated rings. The zero-order chi connectivity index (χ0) is 9.97. The molecule has 0 amide bonds. The summed E-state index contributed by atoms with van der Waals surface area (Å²) in [5.74, 6) is 0. The van der Waals surface area contributed by atoms with Crippen LogP contribution in [-0.4, -0.2) is 9.78 Å². The summed E-state index contributed by atoms with van der Waals surface area (Å²) in [7, 11) is 0. The van der Waals surface area contributed by atoms with Crippen LogP contribution in [-0.2, 0) is 0 Å². The molecule has 0 bridgehead atoms. The van der Waals surface area contributed by atoms with Gasteiger partial charge in [0, 0.05) is 0 Å². The van der Waals surface area contributed by atoms with Crippen LogP contribution in [0.1, 0.15) is 0 Å². The third-order valence-corrected chi connectivity index (χ3v) is 2.11. The molecule has 1 aromatic heterocycles. The van der Waals surface area contributed by atoms with Gasteiger partial charge in [0.15, 0.2) is 0 Å². The second-order valence-electron chi connectivity index (χ2n) is 2.67. The van der Waals surface area contributed by atoms with Crippen molar-refractivity contribution >= 4 is 15.9 Å². The van der Waals surface area contributed by atoms with E-state index in [9.17, 15) is 4.79 Å². The molecular weight excluding hydrogens is 244 g/mol. The van der Waals surface area contributed by atoms with E-state index in [4.69, 9.17) is 0 Å². The Morgan fingerprint density at radius 3 is 2.64 bits per heavy atom. The van der Waals surface area contributed by atoms with Crippen LogP contribution in [0.3, 0.4) is 0 Å². The molecule has 0 saturated carbocycles. The molecule has 1 aromatic carbocycles. The lowest BCUT2D eigenvalue weighted by Gasteiger charge is -2.02. The fraction of sp³-hybridized carbons (Fsp3) is 0. The molecule has 0 saturated heterocycles. The van der Waals surface area contributed by atoms with Crippen molar-refractivity contribution in [2.24, 2.45) is 0 Å². The van der Waals surface area contributed by atoms with Crippen molar-refractivity contribution in [2.45, 2.75) is 0 Å². The molecule has 1 heterocycles.